The van der Waals surface area contributed by atoms with Gasteiger partial charge in [-0.25, -0.2) is 0 Å². The van der Waals surface area contributed by atoms with Crippen LogP contribution in [0.5, 0.6) is 11.5 Å². The molecule has 2 aromatic carbocycles. The van der Waals surface area contributed by atoms with E-state index < -0.39 is 0 Å². The summed E-state index contributed by atoms with van der Waals surface area (Å²) in [5, 5.41) is 4.02. The second kappa shape index (κ2) is 9.95. The SMILES string of the molecule is COc1cc(CNCC2CN(Cc3ccccc3)CCO2)cc(Cl)c1OC. The van der Waals surface area contributed by atoms with Crippen molar-refractivity contribution in [3.63, 3.8) is 0 Å². The number of nitrogens with zero attached hydrogens (tertiary/aromatic N) is 1. The fourth-order valence-electron chi connectivity index (χ4n) is 3.34. The summed E-state index contributed by atoms with van der Waals surface area (Å²) < 4.78 is 16.5. The van der Waals surface area contributed by atoms with E-state index in [0.717, 1.165) is 38.3 Å². The lowest BCUT2D eigenvalue weighted by Gasteiger charge is -2.33. The van der Waals surface area contributed by atoms with Crippen LogP contribution in [0.25, 0.3) is 0 Å². The van der Waals surface area contributed by atoms with Crippen molar-refractivity contribution < 1.29 is 14.2 Å². The molecule has 0 radical (unpaired) electrons. The van der Waals surface area contributed by atoms with Gasteiger partial charge in [0.2, 0.25) is 0 Å². The number of hydrogen-bond acceptors (Lipinski definition) is 5. The van der Waals surface area contributed by atoms with Crippen molar-refractivity contribution in [1.29, 1.82) is 0 Å². The largest absolute Gasteiger partial charge is 0.493 e. The molecule has 1 fully saturated rings. The molecule has 0 spiro atoms. The third kappa shape index (κ3) is 5.59. The zero-order valence-electron chi connectivity index (χ0n) is 15.9. The van der Waals surface area contributed by atoms with Crippen molar-refractivity contribution in [1.82, 2.24) is 10.2 Å². The van der Waals surface area contributed by atoms with Crippen LogP contribution in [0.4, 0.5) is 0 Å². The van der Waals surface area contributed by atoms with E-state index in [1.54, 1.807) is 14.2 Å². The third-order valence-electron chi connectivity index (χ3n) is 4.67. The normalized spacial score (nSPS) is 17.7. The van der Waals surface area contributed by atoms with Crippen molar-refractivity contribution in [2.75, 3.05) is 40.5 Å². The molecule has 0 amide bonds. The Morgan fingerprint density at radius 3 is 2.70 bits per heavy atom. The number of morpholine rings is 1. The molecule has 146 valence electrons. The predicted octanol–water partition coefficient (Wildman–Crippen LogP) is 3.35. The quantitative estimate of drug-likeness (QED) is 0.748. The average molecular weight is 391 g/mol. The standard InChI is InChI=1S/C21H27ClN2O3/c1-25-20-11-17(10-19(22)21(20)26-2)12-23-13-18-15-24(8-9-27-18)14-16-6-4-3-5-7-16/h3-7,10-11,18,23H,8-9,12-15H2,1-2H3. The van der Waals surface area contributed by atoms with E-state index in [9.17, 15) is 0 Å². The summed E-state index contributed by atoms with van der Waals surface area (Å²) in [5.41, 5.74) is 2.39. The highest BCUT2D eigenvalue weighted by atomic mass is 35.5. The fraction of sp³-hybridized carbons (Fsp3) is 0.429. The molecule has 1 aliphatic heterocycles. The van der Waals surface area contributed by atoms with E-state index >= 15 is 0 Å². The highest BCUT2D eigenvalue weighted by Gasteiger charge is 2.20. The fourth-order valence-corrected chi connectivity index (χ4v) is 3.65. The molecule has 6 heteroatoms. The molecule has 2 aromatic rings. The number of methoxy groups -OCH3 is 2. The molecule has 0 bridgehead atoms. The number of rotatable bonds is 8. The first-order chi connectivity index (χ1) is 13.2. The Balaban J connectivity index is 1.49. The summed E-state index contributed by atoms with van der Waals surface area (Å²) in [7, 11) is 3.20. The number of hydrogen-bond donors (Lipinski definition) is 1. The Morgan fingerprint density at radius 1 is 1.15 bits per heavy atom. The van der Waals surface area contributed by atoms with Crippen LogP contribution in [0.15, 0.2) is 42.5 Å². The van der Waals surface area contributed by atoms with Crippen LogP contribution in [0, 0.1) is 0 Å². The van der Waals surface area contributed by atoms with E-state index in [-0.39, 0.29) is 6.10 Å². The predicted molar refractivity (Wildman–Crippen MR) is 108 cm³/mol. The zero-order valence-corrected chi connectivity index (χ0v) is 16.7. The zero-order chi connectivity index (χ0) is 19.1. The van der Waals surface area contributed by atoms with Crippen LogP contribution in [0.2, 0.25) is 5.02 Å². The Labute approximate surface area is 166 Å². The van der Waals surface area contributed by atoms with E-state index in [0.29, 0.717) is 23.1 Å². The van der Waals surface area contributed by atoms with Crippen molar-refractivity contribution >= 4 is 11.6 Å². The highest BCUT2D eigenvalue weighted by Crippen LogP contribution is 2.35. The maximum absolute atomic E-state index is 6.27. The molecule has 5 nitrogen and oxygen atoms in total. The topological polar surface area (TPSA) is 43.0 Å². The third-order valence-corrected chi connectivity index (χ3v) is 4.95. The Bertz CT molecular complexity index is 727. The number of halogens is 1. The lowest BCUT2D eigenvalue weighted by molar-refractivity contribution is -0.0300. The molecule has 0 aliphatic carbocycles. The summed E-state index contributed by atoms with van der Waals surface area (Å²) in [6, 6.07) is 14.4. The minimum Gasteiger partial charge on any atom is -0.493 e. The molecule has 1 heterocycles. The number of benzene rings is 2. The summed E-state index contributed by atoms with van der Waals surface area (Å²) in [5.74, 6) is 1.21. The summed E-state index contributed by atoms with van der Waals surface area (Å²) in [6.45, 7) is 5.11. The van der Waals surface area contributed by atoms with Crippen molar-refractivity contribution in [2.24, 2.45) is 0 Å². The second-order valence-corrected chi connectivity index (χ2v) is 7.06. The number of ether oxygens (including phenoxy) is 3. The van der Waals surface area contributed by atoms with Gasteiger partial charge in [-0.05, 0) is 23.3 Å². The van der Waals surface area contributed by atoms with Gasteiger partial charge < -0.3 is 19.5 Å². The van der Waals surface area contributed by atoms with Gasteiger partial charge in [-0.15, -0.1) is 0 Å². The minimum atomic E-state index is 0.179. The van der Waals surface area contributed by atoms with Gasteiger partial charge in [0.15, 0.2) is 11.5 Å². The van der Waals surface area contributed by atoms with Crippen molar-refractivity contribution in [3.05, 3.63) is 58.6 Å². The van der Waals surface area contributed by atoms with Gasteiger partial charge in [-0.3, -0.25) is 4.90 Å². The van der Waals surface area contributed by atoms with Crippen LogP contribution in [-0.2, 0) is 17.8 Å². The van der Waals surface area contributed by atoms with Crippen molar-refractivity contribution in [2.45, 2.75) is 19.2 Å². The lowest BCUT2D eigenvalue weighted by Crippen LogP contribution is -2.46. The lowest BCUT2D eigenvalue weighted by atomic mass is 10.1. The summed E-state index contributed by atoms with van der Waals surface area (Å²) >= 11 is 6.27. The summed E-state index contributed by atoms with van der Waals surface area (Å²) in [4.78, 5) is 2.44. The molecule has 3 rings (SSSR count). The first kappa shape index (κ1) is 20.0. The second-order valence-electron chi connectivity index (χ2n) is 6.66. The maximum atomic E-state index is 6.27. The first-order valence-electron chi connectivity index (χ1n) is 9.18. The van der Waals surface area contributed by atoms with Crippen LogP contribution < -0.4 is 14.8 Å². The van der Waals surface area contributed by atoms with Gasteiger partial charge >= 0.3 is 0 Å². The monoisotopic (exact) mass is 390 g/mol. The molecule has 0 saturated carbocycles. The van der Waals surface area contributed by atoms with Gasteiger partial charge in [0.1, 0.15) is 0 Å². The van der Waals surface area contributed by atoms with E-state index in [2.05, 4.69) is 40.5 Å². The summed E-state index contributed by atoms with van der Waals surface area (Å²) in [6.07, 6.45) is 0.179. The molecule has 1 N–H and O–H groups in total. The Morgan fingerprint density at radius 2 is 1.96 bits per heavy atom. The van der Waals surface area contributed by atoms with Gasteiger partial charge in [-0.2, -0.15) is 0 Å². The van der Waals surface area contributed by atoms with E-state index in [1.165, 1.54) is 5.56 Å². The first-order valence-corrected chi connectivity index (χ1v) is 9.56. The van der Waals surface area contributed by atoms with Crippen LogP contribution >= 0.6 is 11.6 Å². The van der Waals surface area contributed by atoms with Gasteiger partial charge in [0.25, 0.3) is 0 Å². The molecule has 27 heavy (non-hydrogen) atoms. The molecule has 1 saturated heterocycles. The molecule has 1 atom stereocenters. The van der Waals surface area contributed by atoms with Gasteiger partial charge in [0, 0.05) is 32.7 Å². The Hall–Kier alpha value is -1.79. The minimum absolute atomic E-state index is 0.179. The molecule has 1 aliphatic rings. The maximum Gasteiger partial charge on any atom is 0.179 e. The highest BCUT2D eigenvalue weighted by molar-refractivity contribution is 6.32. The van der Waals surface area contributed by atoms with E-state index in [1.807, 2.05) is 12.1 Å². The van der Waals surface area contributed by atoms with Crippen LogP contribution in [-0.4, -0.2) is 51.5 Å². The van der Waals surface area contributed by atoms with Crippen LogP contribution in [0.3, 0.4) is 0 Å². The molecular formula is C21H27ClN2O3. The smallest absolute Gasteiger partial charge is 0.179 e. The van der Waals surface area contributed by atoms with Gasteiger partial charge in [-0.1, -0.05) is 41.9 Å². The average Bonchev–Trinajstić information content (AvgIpc) is 2.68. The Kier molecular flexibility index (Phi) is 7.35. The molecule has 0 aromatic heterocycles. The van der Waals surface area contributed by atoms with Crippen LogP contribution in [0.1, 0.15) is 11.1 Å². The number of nitrogens with one attached hydrogen (secondary N) is 1. The van der Waals surface area contributed by atoms with Crippen molar-refractivity contribution in [3.8, 4) is 11.5 Å². The molecule has 1 unspecified atom stereocenters. The molecular weight excluding hydrogens is 364 g/mol. The van der Waals surface area contributed by atoms with Gasteiger partial charge in [0.05, 0.1) is 32.0 Å². The van der Waals surface area contributed by atoms with E-state index in [4.69, 9.17) is 25.8 Å².